The molecule has 2 heterocycles. The third-order valence-electron chi connectivity index (χ3n) is 3.90. The summed E-state index contributed by atoms with van der Waals surface area (Å²) in [6, 6.07) is 5.32. The molecule has 0 amide bonds. The minimum atomic E-state index is -0.608. The van der Waals surface area contributed by atoms with E-state index in [1.165, 1.54) is 6.92 Å². The number of carbonyl (C=O) groups is 1. The van der Waals surface area contributed by atoms with E-state index in [9.17, 15) is 20.0 Å². The maximum absolute atomic E-state index is 12.5. The number of pyridine rings is 2. The molecule has 0 bridgehead atoms. The van der Waals surface area contributed by atoms with Crippen LogP contribution in [0.25, 0.3) is 0 Å². The Morgan fingerprint density at radius 1 is 1.46 bits per heavy atom. The summed E-state index contributed by atoms with van der Waals surface area (Å²) in [5, 5.41) is 19.8. The number of nitriles is 1. The summed E-state index contributed by atoms with van der Waals surface area (Å²) in [5.74, 6) is -0.648. The largest absolute Gasteiger partial charge is 0.494 e. The Bertz CT molecular complexity index is 849. The van der Waals surface area contributed by atoms with E-state index in [1.807, 2.05) is 13.0 Å². The standard InChI is InChI=1S/C18H19N3O3/c1-3-4-7-15(22)16-12(2)14(9-19)17(23)21(18(16)24)11-13-6-5-8-20-10-13/h5-6,8,10,24H,3-4,7,11H2,1-2H3. The summed E-state index contributed by atoms with van der Waals surface area (Å²) in [7, 11) is 0. The summed E-state index contributed by atoms with van der Waals surface area (Å²) >= 11 is 0. The first-order valence-corrected chi connectivity index (χ1v) is 7.79. The Hall–Kier alpha value is -2.94. The van der Waals surface area contributed by atoms with E-state index < -0.39 is 5.56 Å². The number of ketones is 1. The predicted molar refractivity (Wildman–Crippen MR) is 89.0 cm³/mol. The number of Topliss-reactive ketones (excluding diaryl/α,β-unsaturated/α-hetero) is 1. The predicted octanol–water partition coefficient (Wildman–Crippen LogP) is 2.55. The molecule has 0 aromatic carbocycles. The molecule has 0 spiro atoms. The molecule has 2 aromatic heterocycles. The van der Waals surface area contributed by atoms with Crippen LogP contribution < -0.4 is 5.56 Å². The molecule has 0 aliphatic carbocycles. The second-order valence-electron chi connectivity index (χ2n) is 5.59. The van der Waals surface area contributed by atoms with Crippen LogP contribution in [0.5, 0.6) is 5.88 Å². The lowest BCUT2D eigenvalue weighted by atomic mass is 9.98. The Kier molecular flexibility index (Phi) is 5.48. The number of aromatic hydroxyl groups is 1. The van der Waals surface area contributed by atoms with Gasteiger partial charge in [0.25, 0.3) is 5.56 Å². The van der Waals surface area contributed by atoms with Crippen molar-refractivity contribution in [3.8, 4) is 11.9 Å². The third kappa shape index (κ3) is 3.35. The number of unbranched alkanes of at least 4 members (excludes halogenated alkanes) is 1. The van der Waals surface area contributed by atoms with E-state index in [-0.39, 0.29) is 41.3 Å². The van der Waals surface area contributed by atoms with Gasteiger partial charge in [-0.05, 0) is 30.5 Å². The molecule has 0 fully saturated rings. The van der Waals surface area contributed by atoms with E-state index in [4.69, 9.17) is 0 Å². The van der Waals surface area contributed by atoms with Gasteiger partial charge in [-0.15, -0.1) is 0 Å². The summed E-state index contributed by atoms with van der Waals surface area (Å²) in [5.41, 5.74) is 0.265. The molecule has 0 atom stereocenters. The highest BCUT2D eigenvalue weighted by Crippen LogP contribution is 2.24. The van der Waals surface area contributed by atoms with Gasteiger partial charge in [-0.3, -0.25) is 19.1 Å². The maximum atomic E-state index is 12.5. The number of aromatic nitrogens is 2. The minimum absolute atomic E-state index is 0.0432. The van der Waals surface area contributed by atoms with Gasteiger partial charge in [-0.25, -0.2) is 0 Å². The molecule has 0 unspecified atom stereocenters. The van der Waals surface area contributed by atoms with Crippen molar-refractivity contribution in [3.05, 3.63) is 57.1 Å². The van der Waals surface area contributed by atoms with E-state index in [0.29, 0.717) is 12.0 Å². The molecule has 0 radical (unpaired) electrons. The Labute approximate surface area is 140 Å². The second-order valence-corrected chi connectivity index (χ2v) is 5.59. The molecular weight excluding hydrogens is 306 g/mol. The fourth-order valence-electron chi connectivity index (χ4n) is 2.57. The average Bonchev–Trinajstić information content (AvgIpc) is 2.58. The van der Waals surface area contributed by atoms with Crippen molar-refractivity contribution in [2.45, 2.75) is 39.7 Å². The highest BCUT2D eigenvalue weighted by Gasteiger charge is 2.23. The van der Waals surface area contributed by atoms with Crippen LogP contribution >= 0.6 is 0 Å². The fourth-order valence-corrected chi connectivity index (χ4v) is 2.57. The van der Waals surface area contributed by atoms with Crippen molar-refractivity contribution in [1.29, 1.82) is 5.26 Å². The molecule has 0 saturated heterocycles. The smallest absolute Gasteiger partial charge is 0.271 e. The van der Waals surface area contributed by atoms with Crippen molar-refractivity contribution in [1.82, 2.24) is 9.55 Å². The number of hydrogen-bond acceptors (Lipinski definition) is 5. The summed E-state index contributed by atoms with van der Waals surface area (Å²) in [4.78, 5) is 28.9. The SMILES string of the molecule is CCCCC(=O)c1c(C)c(C#N)c(=O)n(Cc2cccnc2)c1O. The monoisotopic (exact) mass is 325 g/mol. The topological polar surface area (TPSA) is 96.0 Å². The van der Waals surface area contributed by atoms with Gasteiger partial charge in [-0.2, -0.15) is 5.26 Å². The van der Waals surface area contributed by atoms with E-state index in [0.717, 1.165) is 11.0 Å². The number of rotatable bonds is 6. The average molecular weight is 325 g/mol. The lowest BCUT2D eigenvalue weighted by molar-refractivity contribution is 0.0975. The number of hydrogen-bond donors (Lipinski definition) is 1. The van der Waals surface area contributed by atoms with Crippen molar-refractivity contribution in [3.63, 3.8) is 0 Å². The highest BCUT2D eigenvalue weighted by atomic mass is 16.3. The second kappa shape index (κ2) is 7.55. The van der Waals surface area contributed by atoms with E-state index >= 15 is 0 Å². The van der Waals surface area contributed by atoms with Gasteiger partial charge in [0, 0.05) is 18.8 Å². The van der Waals surface area contributed by atoms with Gasteiger partial charge in [0.15, 0.2) is 5.78 Å². The van der Waals surface area contributed by atoms with Crippen molar-refractivity contribution < 1.29 is 9.90 Å². The molecule has 6 heteroatoms. The molecule has 0 aliphatic heterocycles. The first kappa shape index (κ1) is 17.4. The molecular formula is C18H19N3O3. The quantitative estimate of drug-likeness (QED) is 0.823. The molecule has 2 aromatic rings. The molecule has 124 valence electrons. The molecule has 0 saturated carbocycles. The lowest BCUT2D eigenvalue weighted by Crippen LogP contribution is -2.27. The van der Waals surface area contributed by atoms with Crippen LogP contribution in [0.3, 0.4) is 0 Å². The Morgan fingerprint density at radius 3 is 2.79 bits per heavy atom. The van der Waals surface area contributed by atoms with Crippen LogP contribution in [0.15, 0.2) is 29.3 Å². The lowest BCUT2D eigenvalue weighted by Gasteiger charge is -2.15. The first-order chi connectivity index (χ1) is 11.5. The zero-order valence-corrected chi connectivity index (χ0v) is 13.7. The van der Waals surface area contributed by atoms with E-state index in [2.05, 4.69) is 4.98 Å². The molecule has 6 nitrogen and oxygen atoms in total. The van der Waals surface area contributed by atoms with Crippen molar-refractivity contribution in [2.75, 3.05) is 0 Å². The van der Waals surface area contributed by atoms with Gasteiger partial charge in [0.2, 0.25) is 5.88 Å². The van der Waals surface area contributed by atoms with Gasteiger partial charge in [0.05, 0.1) is 12.1 Å². The maximum Gasteiger partial charge on any atom is 0.271 e. The Morgan fingerprint density at radius 2 is 2.21 bits per heavy atom. The molecule has 2 rings (SSSR count). The van der Waals surface area contributed by atoms with Crippen LogP contribution in [0, 0.1) is 18.3 Å². The van der Waals surface area contributed by atoms with Gasteiger partial charge in [-0.1, -0.05) is 19.4 Å². The molecule has 1 N–H and O–H groups in total. The van der Waals surface area contributed by atoms with Crippen LogP contribution in [0.2, 0.25) is 0 Å². The van der Waals surface area contributed by atoms with Crippen LogP contribution in [0.4, 0.5) is 0 Å². The third-order valence-corrected chi connectivity index (χ3v) is 3.90. The molecule has 24 heavy (non-hydrogen) atoms. The normalized spacial score (nSPS) is 10.4. The van der Waals surface area contributed by atoms with Crippen molar-refractivity contribution >= 4 is 5.78 Å². The summed E-state index contributed by atoms with van der Waals surface area (Å²) in [6.07, 6.45) is 4.95. The van der Waals surface area contributed by atoms with Crippen LogP contribution in [-0.2, 0) is 6.54 Å². The van der Waals surface area contributed by atoms with Gasteiger partial charge in [0.1, 0.15) is 11.6 Å². The number of nitrogens with zero attached hydrogens (tertiary/aromatic N) is 3. The van der Waals surface area contributed by atoms with Crippen LogP contribution in [0.1, 0.15) is 53.2 Å². The summed E-state index contributed by atoms with van der Waals surface area (Å²) in [6.45, 7) is 3.53. The summed E-state index contributed by atoms with van der Waals surface area (Å²) < 4.78 is 1.06. The van der Waals surface area contributed by atoms with E-state index in [1.54, 1.807) is 24.5 Å². The number of carbonyl (C=O) groups excluding carboxylic acids is 1. The fraction of sp³-hybridized carbons (Fsp3) is 0.333. The zero-order chi connectivity index (χ0) is 17.7. The van der Waals surface area contributed by atoms with Gasteiger partial charge >= 0.3 is 0 Å². The Balaban J connectivity index is 2.61. The highest BCUT2D eigenvalue weighted by molar-refractivity contribution is 5.99. The van der Waals surface area contributed by atoms with Gasteiger partial charge < -0.3 is 5.11 Å². The zero-order valence-electron chi connectivity index (χ0n) is 13.7. The molecule has 0 aliphatic rings. The minimum Gasteiger partial charge on any atom is -0.494 e. The first-order valence-electron chi connectivity index (χ1n) is 7.79. The van der Waals surface area contributed by atoms with Crippen LogP contribution in [-0.4, -0.2) is 20.4 Å². The van der Waals surface area contributed by atoms with Crippen molar-refractivity contribution in [2.24, 2.45) is 0 Å².